The minimum atomic E-state index is -2.66. The van der Waals surface area contributed by atoms with Crippen molar-refractivity contribution >= 4 is 128 Å². The highest BCUT2D eigenvalue weighted by molar-refractivity contribution is 6.45. The molecule has 30 heteroatoms. The number of ketones is 1. The lowest BCUT2D eigenvalue weighted by Gasteiger charge is -2.30. The number of rotatable bonds is 9. The number of carbonyl (C=O) groups is 4. The van der Waals surface area contributed by atoms with E-state index >= 15 is 4.79 Å². The average molecular weight is 1360 g/mol. The van der Waals surface area contributed by atoms with Crippen molar-refractivity contribution in [1.82, 2.24) is 10.2 Å². The van der Waals surface area contributed by atoms with Crippen molar-refractivity contribution in [2.24, 2.45) is 25.0 Å². The molecular weight excluding hydrogens is 1320 g/mol. The first kappa shape index (κ1) is 64.5. The van der Waals surface area contributed by atoms with Crippen LogP contribution in [0.15, 0.2) is 140 Å². The molecule has 5 heterocycles. The highest BCUT2D eigenvalue weighted by atomic mass is 35.5. The molecule has 0 aromatic heterocycles. The van der Waals surface area contributed by atoms with Gasteiger partial charge in [-0.05, 0) is 112 Å². The van der Waals surface area contributed by atoms with Gasteiger partial charge in [0.2, 0.25) is 35.3 Å². The highest BCUT2D eigenvalue weighted by Gasteiger charge is 2.47. The Kier molecular flexibility index (Phi) is 18.0. The Morgan fingerprint density at radius 3 is 1.71 bits per heavy atom. The number of aliphatic hydroxyl groups is 6. The van der Waals surface area contributed by atoms with Gasteiger partial charge in [-0.25, -0.2) is 29.8 Å². The summed E-state index contributed by atoms with van der Waals surface area (Å²) in [5.41, 5.74) is -4.07. The molecule has 0 aliphatic carbocycles. The smallest absolute Gasteiger partial charge is 0.333 e. The molecule has 7 aromatic rings. The Bertz CT molecular complexity index is 4290. The fraction of sp³-hybridized carbons (Fsp3) is 0.164. The van der Waals surface area contributed by atoms with E-state index in [0.717, 1.165) is 47.4 Å². The molecule has 5 aliphatic rings. The summed E-state index contributed by atoms with van der Waals surface area (Å²) in [6, 6.07) is 11.1. The number of benzene rings is 7. The Labute approximate surface area is 543 Å². The lowest BCUT2D eigenvalue weighted by molar-refractivity contribution is -0.138. The van der Waals surface area contributed by atoms with Crippen LogP contribution in [0.25, 0.3) is 11.1 Å². The van der Waals surface area contributed by atoms with Crippen LogP contribution >= 0.6 is 69.6 Å². The van der Waals surface area contributed by atoms with E-state index in [9.17, 15) is 75.7 Å². The molecule has 468 valence electrons. The second-order valence-corrected chi connectivity index (χ2v) is 23.3. The molecule has 2 amide bonds. The molecule has 1 unspecified atom stereocenters. The number of carbonyl (C=O) groups excluding carboxylic acids is 3. The van der Waals surface area contributed by atoms with E-state index in [0.29, 0.717) is 5.56 Å². The van der Waals surface area contributed by atoms with Crippen LogP contribution in [0, 0.1) is 0 Å². The molecule has 5 aliphatic heterocycles. The number of aliphatic carboxylic acids is 1. The van der Waals surface area contributed by atoms with Crippen LogP contribution in [0.2, 0.25) is 30.1 Å². The van der Waals surface area contributed by atoms with E-state index in [1.807, 2.05) is 0 Å². The maximum absolute atomic E-state index is 15.5. The maximum atomic E-state index is 15.5. The number of halogens is 6. The predicted octanol–water partition coefficient (Wildman–Crippen LogP) is 11.7. The fourth-order valence-electron chi connectivity index (χ4n) is 10.2. The summed E-state index contributed by atoms with van der Waals surface area (Å²) in [5, 5.41) is 138. The summed E-state index contributed by atoms with van der Waals surface area (Å²) in [4.78, 5) is 78.7. The number of Topliss-reactive ketones (excluding diaryl/α,β-unsaturated/α-hetero) is 1. The summed E-state index contributed by atoms with van der Waals surface area (Å²) >= 11 is 38.0. The van der Waals surface area contributed by atoms with Gasteiger partial charge in [0.15, 0.2) is 58.5 Å². The van der Waals surface area contributed by atoms with Crippen LogP contribution in [-0.2, 0) is 26.4 Å². The van der Waals surface area contributed by atoms with Crippen molar-refractivity contribution in [1.29, 1.82) is 0 Å². The largest absolute Gasteiger partial charge is 0.508 e. The van der Waals surface area contributed by atoms with Gasteiger partial charge in [-0.3, -0.25) is 14.4 Å². The zero-order chi connectivity index (χ0) is 65.8. The summed E-state index contributed by atoms with van der Waals surface area (Å²) in [6.45, 7) is 0. The van der Waals surface area contributed by atoms with Crippen LogP contribution < -0.4 is 10.1 Å². The summed E-state index contributed by atoms with van der Waals surface area (Å²) < 4.78 is 6.34. The first-order valence-electron chi connectivity index (χ1n) is 26.5. The number of carboxylic acids is 1. The third-order valence-electron chi connectivity index (χ3n) is 15.0. The molecule has 0 saturated carbocycles. The lowest BCUT2D eigenvalue weighted by Crippen LogP contribution is -2.49. The van der Waals surface area contributed by atoms with Gasteiger partial charge >= 0.3 is 5.97 Å². The van der Waals surface area contributed by atoms with Crippen molar-refractivity contribution in [3.8, 4) is 51.4 Å². The minimum absolute atomic E-state index is 0.00662. The number of amides is 2. The fourth-order valence-corrected chi connectivity index (χ4v) is 11.7. The first-order chi connectivity index (χ1) is 43.0. The third kappa shape index (κ3) is 12.8. The zero-order valence-corrected chi connectivity index (χ0v) is 50.7. The number of phenolic OH excluding ortho intramolecular Hbond substituents is 5. The summed E-state index contributed by atoms with van der Waals surface area (Å²) in [7, 11) is 1.18. The molecule has 91 heavy (non-hydrogen) atoms. The van der Waals surface area contributed by atoms with E-state index in [1.54, 1.807) is 0 Å². The topological polar surface area (TPSA) is 397 Å². The molecule has 9 bridgehead atoms. The van der Waals surface area contributed by atoms with Gasteiger partial charge < -0.3 is 76.2 Å². The number of hydrogen-bond donors (Lipinski definition) is 13. The van der Waals surface area contributed by atoms with E-state index in [-0.39, 0.29) is 68.3 Å². The molecule has 24 nitrogen and oxygen atoms in total. The molecule has 13 N–H and O–H groups in total. The van der Waals surface area contributed by atoms with Crippen molar-refractivity contribution in [3.63, 3.8) is 0 Å². The first-order valence-corrected chi connectivity index (χ1v) is 28.8. The van der Waals surface area contributed by atoms with Crippen molar-refractivity contribution in [2.45, 2.75) is 54.7 Å². The van der Waals surface area contributed by atoms with Gasteiger partial charge in [0.1, 0.15) is 23.6 Å². The number of hydrogen-bond acceptors (Lipinski definition) is 16. The van der Waals surface area contributed by atoms with Crippen LogP contribution in [0.1, 0.15) is 74.3 Å². The van der Waals surface area contributed by atoms with Gasteiger partial charge in [0, 0.05) is 36.6 Å². The number of nitrogens with zero attached hydrogens (tertiary/aromatic N) is 6. The summed E-state index contributed by atoms with van der Waals surface area (Å²) in [5.74, 6) is -14.4. The van der Waals surface area contributed by atoms with Crippen LogP contribution in [0.4, 0.5) is 5.69 Å². The van der Waals surface area contributed by atoms with Gasteiger partial charge in [-0.1, -0.05) is 106 Å². The Morgan fingerprint density at radius 1 is 0.637 bits per heavy atom. The standard InChI is InChI=1S/C61H45Cl6N7O17/c1-74-42(54(82)73-47(59(87)88)24-4-7-30(75)8-5-24)12-23-2-9-31(10-3-23)91-43-21-26-13-32(49(43)77)25-6-11-33-40(20-25)69-60(89)61(33,90)22-41(68-57(85)48(76)29-18-38(66)52(80)39(67)19-29)53(81)70-45(27-14-34(62)50(78)35(63)15-27)55(83)71-44(26)56(84)72-46(58(74)86)28-16-36(64)51(79)37(65)17-28/h2-11,13-21,41-42,44-47,75,77-80,90H,12,22H2,1H3,(H,68,85)(H,69,89)(H,70,81)(H,71,83)(H,72,84)(H,73,82)(H,87,88)/t41-,42+,44-,45-,46-,47-,61?/m1/s1. The average Bonchev–Trinajstić information content (AvgIpc) is 1.63. The van der Waals surface area contributed by atoms with Gasteiger partial charge in [-0.2, -0.15) is 0 Å². The minimum Gasteiger partial charge on any atom is -0.508 e. The number of likely N-dealkylation sites (N-methyl/N-ethyl adjacent to an activating group) is 1. The van der Waals surface area contributed by atoms with Crippen molar-refractivity contribution in [2.75, 3.05) is 7.05 Å². The monoisotopic (exact) mass is 1360 g/mol. The normalized spacial score (nSPS) is 20.5. The van der Waals surface area contributed by atoms with Crippen LogP contribution in [0.3, 0.4) is 0 Å². The van der Waals surface area contributed by atoms with E-state index in [4.69, 9.17) is 74.3 Å². The van der Waals surface area contributed by atoms with Crippen LogP contribution in [-0.4, -0.2) is 138 Å². The number of aromatic hydroxyl groups is 5. The van der Waals surface area contributed by atoms with Gasteiger partial charge in [-0.15, -0.1) is 0 Å². The number of fused-ring (bicyclic) bond motifs is 12. The summed E-state index contributed by atoms with van der Waals surface area (Å²) in [6.07, 6.45) is -1.35. The molecule has 0 saturated heterocycles. The molecule has 12 rings (SSSR count). The highest BCUT2D eigenvalue weighted by Crippen LogP contribution is 2.49. The Morgan fingerprint density at radius 2 is 1.15 bits per heavy atom. The number of ether oxygens (including phenoxy) is 1. The van der Waals surface area contributed by atoms with Gasteiger partial charge in [0.25, 0.3) is 11.8 Å². The molecule has 7 atom stereocenters. The number of aliphatic imine (C=N–C) groups is 5. The second kappa shape index (κ2) is 25.4. The Balaban J connectivity index is 1.23. The predicted molar refractivity (Wildman–Crippen MR) is 336 cm³/mol. The molecule has 7 aromatic carbocycles. The second-order valence-electron chi connectivity index (χ2n) is 20.9. The number of aliphatic hydroxyl groups excluding tert-OH is 5. The number of nitrogens with one attached hydrogen (secondary N) is 1. The molecule has 0 radical (unpaired) electrons. The number of phenols is 5. The Hall–Kier alpha value is -9.53. The molecule has 0 fully saturated rings. The van der Waals surface area contributed by atoms with Crippen molar-refractivity contribution in [3.05, 3.63) is 184 Å². The molecular formula is C61H45Cl6N7O17. The third-order valence-corrected chi connectivity index (χ3v) is 16.7. The van der Waals surface area contributed by atoms with E-state index in [1.165, 1.54) is 79.8 Å². The SMILES string of the molecule is CN1C(=O)[C@@H](c2cc(Cl)c(O)c(Cl)c2)N=C(O)[C@@H]2N=C(O)[C@@H](c3cc(Cl)c(O)c(Cl)c3)N=C(O)[C@H](NC(=O)C(=O)c3cc(Cl)c(O)c(Cl)c3)CC3(O)C(O)=Nc4cc(ccc43)-c3cc2cc(c3O)Oc2ccc(cc2)C[C@H]1C(O)=N[C@@H](C(=O)O)c1ccc(O)cc1. The lowest BCUT2D eigenvalue weighted by atomic mass is 9.86. The maximum Gasteiger partial charge on any atom is 0.333 e. The quantitative estimate of drug-likeness (QED) is 0.0276. The molecule has 0 spiro atoms. The van der Waals surface area contributed by atoms with E-state index < -0.39 is 160 Å². The van der Waals surface area contributed by atoms with E-state index in [2.05, 4.69) is 30.3 Å². The number of carboxylic acid groups (broad SMARTS) is 1. The zero-order valence-electron chi connectivity index (χ0n) is 46.2. The van der Waals surface area contributed by atoms with Gasteiger partial charge in [0.05, 0.1) is 35.8 Å². The van der Waals surface area contributed by atoms with Crippen molar-refractivity contribution < 1.29 is 85.2 Å². The van der Waals surface area contributed by atoms with Crippen LogP contribution in [0.5, 0.6) is 40.2 Å².